The van der Waals surface area contributed by atoms with Crippen LogP contribution in [0, 0.1) is 0 Å². The van der Waals surface area contributed by atoms with E-state index in [1.54, 1.807) is 17.0 Å². The second-order valence-corrected chi connectivity index (χ2v) is 5.09. The first-order valence-corrected chi connectivity index (χ1v) is 6.96. The van der Waals surface area contributed by atoms with E-state index in [-0.39, 0.29) is 6.03 Å². The quantitative estimate of drug-likeness (QED) is 0.686. The molecule has 6 heteroatoms. The van der Waals surface area contributed by atoms with Crippen LogP contribution in [-0.4, -0.2) is 42.2 Å². The number of ether oxygens (including phenoxy) is 1. The number of nitrogens with one attached hydrogen (secondary N) is 1. The SMILES string of the molecule is CC1=CCCN(C(=O)NCCOc2ccc(Cl)cn2)C1. The van der Waals surface area contributed by atoms with Gasteiger partial charge in [-0.1, -0.05) is 23.3 Å². The third kappa shape index (κ3) is 4.42. The van der Waals surface area contributed by atoms with Gasteiger partial charge < -0.3 is 15.0 Å². The Labute approximate surface area is 123 Å². The molecule has 0 atom stereocenters. The fraction of sp³-hybridized carbons (Fsp3) is 0.429. The minimum Gasteiger partial charge on any atom is -0.476 e. The van der Waals surface area contributed by atoms with Crippen molar-refractivity contribution in [2.24, 2.45) is 0 Å². The zero-order valence-electron chi connectivity index (χ0n) is 11.4. The van der Waals surface area contributed by atoms with Crippen molar-refractivity contribution in [1.29, 1.82) is 0 Å². The Morgan fingerprint density at radius 2 is 2.40 bits per heavy atom. The van der Waals surface area contributed by atoms with Crippen LogP contribution in [0.4, 0.5) is 4.79 Å². The Balaban J connectivity index is 1.67. The molecule has 0 radical (unpaired) electrons. The lowest BCUT2D eigenvalue weighted by Crippen LogP contribution is -2.43. The molecule has 2 heterocycles. The summed E-state index contributed by atoms with van der Waals surface area (Å²) in [7, 11) is 0. The number of aromatic nitrogens is 1. The highest BCUT2D eigenvalue weighted by atomic mass is 35.5. The fourth-order valence-corrected chi connectivity index (χ4v) is 2.07. The molecule has 0 unspecified atom stereocenters. The van der Waals surface area contributed by atoms with E-state index in [0.29, 0.717) is 30.6 Å². The van der Waals surface area contributed by atoms with E-state index in [1.165, 1.54) is 11.8 Å². The van der Waals surface area contributed by atoms with Crippen LogP contribution in [-0.2, 0) is 0 Å². The summed E-state index contributed by atoms with van der Waals surface area (Å²) in [6.45, 7) is 4.33. The standard InChI is InChI=1S/C14H18ClN3O2/c1-11-3-2-7-18(10-11)14(19)16-6-8-20-13-5-4-12(15)9-17-13/h3-5,9H,2,6-8,10H2,1H3,(H,16,19). The maximum atomic E-state index is 11.9. The molecule has 108 valence electrons. The van der Waals surface area contributed by atoms with Crippen LogP contribution >= 0.6 is 11.6 Å². The van der Waals surface area contributed by atoms with Gasteiger partial charge in [-0.2, -0.15) is 0 Å². The first-order valence-electron chi connectivity index (χ1n) is 6.58. The summed E-state index contributed by atoms with van der Waals surface area (Å²) in [5.41, 5.74) is 1.23. The van der Waals surface area contributed by atoms with Gasteiger partial charge in [-0.15, -0.1) is 0 Å². The number of carbonyl (C=O) groups is 1. The highest BCUT2D eigenvalue weighted by Crippen LogP contribution is 2.11. The molecular formula is C14H18ClN3O2. The lowest BCUT2D eigenvalue weighted by molar-refractivity contribution is 0.197. The van der Waals surface area contributed by atoms with E-state index < -0.39 is 0 Å². The van der Waals surface area contributed by atoms with Crippen molar-refractivity contribution >= 4 is 17.6 Å². The molecule has 1 aliphatic rings. The number of carbonyl (C=O) groups excluding carboxylic acids is 1. The lowest BCUT2D eigenvalue weighted by Gasteiger charge is -2.26. The summed E-state index contributed by atoms with van der Waals surface area (Å²) in [6.07, 6.45) is 4.61. The molecule has 0 aliphatic carbocycles. The third-order valence-electron chi connectivity index (χ3n) is 2.95. The van der Waals surface area contributed by atoms with Crippen LogP contribution in [0.15, 0.2) is 30.0 Å². The van der Waals surface area contributed by atoms with Crippen LogP contribution < -0.4 is 10.1 Å². The number of nitrogens with zero attached hydrogens (tertiary/aromatic N) is 2. The molecule has 1 N–H and O–H groups in total. The van der Waals surface area contributed by atoms with Crippen LogP contribution in [0.1, 0.15) is 13.3 Å². The van der Waals surface area contributed by atoms with Crippen molar-refractivity contribution in [3.63, 3.8) is 0 Å². The molecule has 0 spiro atoms. The van der Waals surface area contributed by atoms with Crippen molar-refractivity contribution in [3.05, 3.63) is 35.0 Å². The number of pyridine rings is 1. The van der Waals surface area contributed by atoms with E-state index in [0.717, 1.165) is 13.0 Å². The maximum absolute atomic E-state index is 11.9. The van der Waals surface area contributed by atoms with E-state index in [9.17, 15) is 4.79 Å². The molecule has 2 rings (SSSR count). The van der Waals surface area contributed by atoms with Crippen LogP contribution in [0.3, 0.4) is 0 Å². The fourth-order valence-electron chi connectivity index (χ4n) is 1.96. The summed E-state index contributed by atoms with van der Waals surface area (Å²) in [5, 5.41) is 3.40. The molecule has 1 aliphatic heterocycles. The molecule has 0 bridgehead atoms. The first kappa shape index (κ1) is 14.7. The molecule has 0 saturated carbocycles. The number of hydrogen-bond acceptors (Lipinski definition) is 3. The van der Waals surface area contributed by atoms with E-state index in [1.807, 2.05) is 6.92 Å². The third-order valence-corrected chi connectivity index (χ3v) is 3.17. The molecule has 0 saturated heterocycles. The maximum Gasteiger partial charge on any atom is 0.317 e. The molecule has 20 heavy (non-hydrogen) atoms. The topological polar surface area (TPSA) is 54.5 Å². The Bertz CT molecular complexity index is 488. The van der Waals surface area contributed by atoms with Gasteiger partial charge in [-0.3, -0.25) is 0 Å². The summed E-state index contributed by atoms with van der Waals surface area (Å²) in [5.74, 6) is 0.500. The molecule has 1 aromatic heterocycles. The van der Waals surface area contributed by atoms with Gasteiger partial charge >= 0.3 is 6.03 Å². The number of halogens is 1. The monoisotopic (exact) mass is 295 g/mol. The highest BCUT2D eigenvalue weighted by molar-refractivity contribution is 6.30. The lowest BCUT2D eigenvalue weighted by atomic mass is 10.1. The van der Waals surface area contributed by atoms with Crippen LogP contribution in [0.5, 0.6) is 5.88 Å². The molecular weight excluding hydrogens is 278 g/mol. The minimum atomic E-state index is -0.0508. The smallest absolute Gasteiger partial charge is 0.317 e. The summed E-state index contributed by atoms with van der Waals surface area (Å²) in [4.78, 5) is 17.7. The summed E-state index contributed by atoms with van der Waals surface area (Å²) in [6, 6.07) is 3.36. The number of urea groups is 1. The van der Waals surface area contributed by atoms with Gasteiger partial charge in [0.25, 0.3) is 0 Å². The highest BCUT2D eigenvalue weighted by Gasteiger charge is 2.15. The van der Waals surface area contributed by atoms with Crippen molar-refractivity contribution in [2.45, 2.75) is 13.3 Å². The predicted molar refractivity (Wildman–Crippen MR) is 78.1 cm³/mol. The summed E-state index contributed by atoms with van der Waals surface area (Å²) >= 11 is 5.73. The molecule has 0 fully saturated rings. The van der Waals surface area contributed by atoms with Crippen molar-refractivity contribution in [1.82, 2.24) is 15.2 Å². The largest absolute Gasteiger partial charge is 0.476 e. The van der Waals surface area contributed by atoms with Crippen molar-refractivity contribution < 1.29 is 9.53 Å². The normalized spacial score (nSPS) is 14.7. The van der Waals surface area contributed by atoms with Gasteiger partial charge in [-0.25, -0.2) is 9.78 Å². The van der Waals surface area contributed by atoms with Crippen LogP contribution in [0.2, 0.25) is 5.02 Å². The Morgan fingerprint density at radius 3 is 3.10 bits per heavy atom. The Kier molecular flexibility index (Phi) is 5.24. The van der Waals surface area contributed by atoms with Crippen molar-refractivity contribution in [2.75, 3.05) is 26.2 Å². The predicted octanol–water partition coefficient (Wildman–Crippen LogP) is 2.48. The second kappa shape index (κ2) is 7.14. The Morgan fingerprint density at radius 1 is 1.55 bits per heavy atom. The van der Waals surface area contributed by atoms with Gasteiger partial charge in [0.1, 0.15) is 6.61 Å². The molecule has 2 amide bonds. The zero-order valence-corrected chi connectivity index (χ0v) is 12.2. The minimum absolute atomic E-state index is 0.0508. The second-order valence-electron chi connectivity index (χ2n) is 4.66. The molecule has 5 nitrogen and oxygen atoms in total. The molecule has 0 aromatic carbocycles. The summed E-state index contributed by atoms with van der Waals surface area (Å²) < 4.78 is 5.41. The molecule has 1 aromatic rings. The van der Waals surface area contributed by atoms with Gasteiger partial charge in [0.2, 0.25) is 5.88 Å². The van der Waals surface area contributed by atoms with E-state index >= 15 is 0 Å². The number of rotatable bonds is 4. The van der Waals surface area contributed by atoms with E-state index in [2.05, 4.69) is 16.4 Å². The van der Waals surface area contributed by atoms with Crippen LogP contribution in [0.25, 0.3) is 0 Å². The van der Waals surface area contributed by atoms with Gasteiger partial charge in [0, 0.05) is 25.4 Å². The number of hydrogen-bond donors (Lipinski definition) is 1. The zero-order chi connectivity index (χ0) is 14.4. The Hall–Kier alpha value is -1.75. The van der Waals surface area contributed by atoms with Gasteiger partial charge in [0.05, 0.1) is 11.6 Å². The van der Waals surface area contributed by atoms with Gasteiger partial charge in [0.15, 0.2) is 0 Å². The van der Waals surface area contributed by atoms with Gasteiger partial charge in [-0.05, 0) is 19.4 Å². The first-order chi connectivity index (χ1) is 9.65. The average Bonchev–Trinajstić information content (AvgIpc) is 2.45. The van der Waals surface area contributed by atoms with Crippen molar-refractivity contribution in [3.8, 4) is 5.88 Å². The van der Waals surface area contributed by atoms with E-state index in [4.69, 9.17) is 16.3 Å². The number of amides is 2. The average molecular weight is 296 g/mol.